The molecule has 3 aromatic rings. The average Bonchev–Trinajstić information content (AvgIpc) is 2.85. The topological polar surface area (TPSA) is 84.9 Å². The van der Waals surface area contributed by atoms with Gasteiger partial charge in [-0.2, -0.15) is 4.31 Å². The number of carbonyl (C=O) groups is 1. The highest BCUT2D eigenvalue weighted by Gasteiger charge is 2.28. The first-order valence-electron chi connectivity index (χ1n) is 11.1. The zero-order valence-corrected chi connectivity index (χ0v) is 21.5. The monoisotopic (exact) mass is 516 g/mol. The van der Waals surface area contributed by atoms with Gasteiger partial charge in [0.05, 0.1) is 36.2 Å². The zero-order valence-electron chi connectivity index (χ0n) is 19.9. The molecule has 0 spiro atoms. The molecule has 0 aliphatic heterocycles. The van der Waals surface area contributed by atoms with Crippen LogP contribution in [-0.4, -0.2) is 38.9 Å². The quantitative estimate of drug-likeness (QED) is 0.395. The van der Waals surface area contributed by atoms with E-state index >= 15 is 0 Å². The van der Waals surface area contributed by atoms with Crippen LogP contribution in [0.5, 0.6) is 11.5 Å². The first kappa shape index (κ1) is 26.5. The number of nitrogens with zero attached hydrogens (tertiary/aromatic N) is 1. The maximum atomic E-state index is 13.6. The van der Waals surface area contributed by atoms with E-state index in [1.54, 1.807) is 19.2 Å². The van der Waals surface area contributed by atoms with Crippen molar-refractivity contribution in [3.05, 3.63) is 88.9 Å². The van der Waals surface area contributed by atoms with Crippen LogP contribution >= 0.6 is 11.6 Å². The molecule has 1 atom stereocenters. The molecule has 1 unspecified atom stereocenters. The molecule has 0 radical (unpaired) electrons. The summed E-state index contributed by atoms with van der Waals surface area (Å²) in [7, 11) is -2.46. The van der Waals surface area contributed by atoms with Gasteiger partial charge in [0.2, 0.25) is 15.9 Å². The van der Waals surface area contributed by atoms with Crippen LogP contribution in [0.4, 0.5) is 0 Å². The van der Waals surface area contributed by atoms with Gasteiger partial charge in [-0.3, -0.25) is 4.79 Å². The van der Waals surface area contributed by atoms with E-state index in [4.69, 9.17) is 21.1 Å². The van der Waals surface area contributed by atoms with Crippen LogP contribution in [0.3, 0.4) is 0 Å². The molecule has 0 heterocycles. The molecule has 1 amide bonds. The Kier molecular flexibility index (Phi) is 9.14. The maximum Gasteiger partial charge on any atom is 0.243 e. The number of hydrogen-bond donors (Lipinski definition) is 1. The lowest BCUT2D eigenvalue weighted by atomic mass is 10.1. The Morgan fingerprint density at radius 1 is 1.06 bits per heavy atom. The Balaban J connectivity index is 1.83. The van der Waals surface area contributed by atoms with E-state index in [-0.39, 0.29) is 29.0 Å². The Labute approximate surface area is 211 Å². The number of nitrogens with one attached hydrogen (secondary N) is 1. The van der Waals surface area contributed by atoms with Gasteiger partial charge in [-0.05, 0) is 55.3 Å². The summed E-state index contributed by atoms with van der Waals surface area (Å²) < 4.78 is 38.8. The number of amides is 1. The second-order valence-corrected chi connectivity index (χ2v) is 10.2. The Bertz CT molecular complexity index is 1230. The van der Waals surface area contributed by atoms with E-state index in [9.17, 15) is 13.2 Å². The van der Waals surface area contributed by atoms with Crippen molar-refractivity contribution in [2.45, 2.75) is 31.3 Å². The van der Waals surface area contributed by atoms with Gasteiger partial charge in [0.15, 0.2) is 0 Å². The molecule has 0 saturated heterocycles. The summed E-state index contributed by atoms with van der Waals surface area (Å²) in [6.45, 7) is 3.72. The predicted molar refractivity (Wildman–Crippen MR) is 136 cm³/mol. The first-order chi connectivity index (χ1) is 16.7. The van der Waals surface area contributed by atoms with E-state index in [0.717, 1.165) is 15.4 Å². The molecular formula is C26H29ClN2O5S. The van der Waals surface area contributed by atoms with Crippen molar-refractivity contribution in [3.8, 4) is 11.5 Å². The van der Waals surface area contributed by atoms with Crippen LogP contribution in [0, 0.1) is 0 Å². The van der Waals surface area contributed by atoms with Crippen molar-refractivity contribution in [1.29, 1.82) is 0 Å². The number of halogens is 1. The van der Waals surface area contributed by atoms with Crippen molar-refractivity contribution < 1.29 is 22.7 Å². The second kappa shape index (κ2) is 12.1. The summed E-state index contributed by atoms with van der Waals surface area (Å²) in [4.78, 5) is 12.9. The highest BCUT2D eigenvalue weighted by atomic mass is 35.5. The van der Waals surface area contributed by atoms with Gasteiger partial charge in [0, 0.05) is 6.54 Å². The van der Waals surface area contributed by atoms with Gasteiger partial charge in [-0.1, -0.05) is 54.1 Å². The molecular weight excluding hydrogens is 488 g/mol. The summed E-state index contributed by atoms with van der Waals surface area (Å²) in [6.07, 6.45) is 0. The summed E-state index contributed by atoms with van der Waals surface area (Å²) in [6, 6.07) is 20.4. The molecule has 0 saturated carbocycles. The minimum atomic E-state index is -4.04. The fraction of sp³-hybridized carbons (Fsp3) is 0.269. The molecule has 0 aliphatic carbocycles. The minimum Gasteiger partial charge on any atom is -0.497 e. The van der Waals surface area contributed by atoms with Crippen LogP contribution in [0.1, 0.15) is 31.0 Å². The molecule has 3 aromatic carbocycles. The van der Waals surface area contributed by atoms with Gasteiger partial charge in [-0.15, -0.1) is 0 Å². The molecule has 1 N–H and O–H groups in total. The molecule has 9 heteroatoms. The van der Waals surface area contributed by atoms with Crippen LogP contribution in [0.2, 0.25) is 5.02 Å². The number of methoxy groups -OCH3 is 1. The van der Waals surface area contributed by atoms with Gasteiger partial charge in [-0.25, -0.2) is 8.42 Å². The molecule has 0 fully saturated rings. The zero-order chi connectivity index (χ0) is 25.4. The van der Waals surface area contributed by atoms with E-state index in [1.807, 2.05) is 56.3 Å². The molecule has 35 heavy (non-hydrogen) atoms. The van der Waals surface area contributed by atoms with Crippen LogP contribution in [0.25, 0.3) is 0 Å². The molecule has 0 aromatic heterocycles. The third-order valence-electron chi connectivity index (χ3n) is 5.36. The summed E-state index contributed by atoms with van der Waals surface area (Å²) in [5, 5.41) is 3.06. The lowest BCUT2D eigenvalue weighted by Gasteiger charge is -2.23. The van der Waals surface area contributed by atoms with E-state index < -0.39 is 15.9 Å². The van der Waals surface area contributed by atoms with Crippen LogP contribution in [-0.2, 0) is 21.4 Å². The standard InChI is InChI=1S/C26H29ClN2O5S/c1-4-34-25-15-14-23(16-24(25)27)35(31,32)29(17-20-8-6-5-7-9-20)18-26(30)28-19(2)21-10-12-22(33-3)13-11-21/h5-16,19H,4,17-18H2,1-3H3,(H,28,30). The number of hydrogen-bond acceptors (Lipinski definition) is 5. The van der Waals surface area contributed by atoms with E-state index in [2.05, 4.69) is 5.32 Å². The largest absolute Gasteiger partial charge is 0.497 e. The maximum absolute atomic E-state index is 13.6. The van der Waals surface area contributed by atoms with Gasteiger partial charge < -0.3 is 14.8 Å². The lowest BCUT2D eigenvalue weighted by molar-refractivity contribution is -0.122. The number of benzene rings is 3. The normalized spacial score (nSPS) is 12.3. The van der Waals surface area contributed by atoms with E-state index in [1.165, 1.54) is 18.2 Å². The molecule has 0 aliphatic rings. The summed E-state index contributed by atoms with van der Waals surface area (Å²) in [5.41, 5.74) is 1.62. The fourth-order valence-electron chi connectivity index (χ4n) is 3.50. The number of sulfonamides is 1. The Hall–Kier alpha value is -3.07. The Morgan fingerprint density at radius 2 is 1.74 bits per heavy atom. The highest BCUT2D eigenvalue weighted by molar-refractivity contribution is 7.89. The van der Waals surface area contributed by atoms with Gasteiger partial charge >= 0.3 is 0 Å². The fourth-order valence-corrected chi connectivity index (χ4v) is 5.21. The van der Waals surface area contributed by atoms with Crippen molar-refractivity contribution in [3.63, 3.8) is 0 Å². The highest BCUT2D eigenvalue weighted by Crippen LogP contribution is 2.29. The van der Waals surface area contributed by atoms with Crippen molar-refractivity contribution in [1.82, 2.24) is 9.62 Å². The second-order valence-electron chi connectivity index (χ2n) is 7.85. The van der Waals surface area contributed by atoms with Crippen molar-refractivity contribution in [2.24, 2.45) is 0 Å². The van der Waals surface area contributed by atoms with E-state index in [0.29, 0.717) is 18.1 Å². The average molecular weight is 517 g/mol. The third-order valence-corrected chi connectivity index (χ3v) is 7.44. The number of carbonyl (C=O) groups excluding carboxylic acids is 1. The molecule has 3 rings (SSSR count). The third kappa shape index (κ3) is 6.97. The van der Waals surface area contributed by atoms with Crippen molar-refractivity contribution in [2.75, 3.05) is 20.3 Å². The number of rotatable bonds is 11. The molecule has 7 nitrogen and oxygen atoms in total. The van der Waals surface area contributed by atoms with Gasteiger partial charge in [0.1, 0.15) is 11.5 Å². The molecule has 186 valence electrons. The Morgan fingerprint density at radius 3 is 2.34 bits per heavy atom. The SMILES string of the molecule is CCOc1ccc(S(=O)(=O)N(CC(=O)NC(C)c2ccc(OC)cc2)Cc2ccccc2)cc1Cl. The van der Waals surface area contributed by atoms with Gasteiger partial charge in [0.25, 0.3) is 0 Å². The van der Waals surface area contributed by atoms with Crippen LogP contribution < -0.4 is 14.8 Å². The lowest BCUT2D eigenvalue weighted by Crippen LogP contribution is -2.41. The summed E-state index contributed by atoms with van der Waals surface area (Å²) >= 11 is 6.25. The smallest absolute Gasteiger partial charge is 0.243 e. The number of ether oxygens (including phenoxy) is 2. The summed E-state index contributed by atoms with van der Waals surface area (Å²) in [5.74, 6) is 0.681. The van der Waals surface area contributed by atoms with Crippen molar-refractivity contribution >= 4 is 27.5 Å². The first-order valence-corrected chi connectivity index (χ1v) is 13.0. The predicted octanol–water partition coefficient (Wildman–Crippen LogP) is 4.82. The van der Waals surface area contributed by atoms with Crippen LogP contribution in [0.15, 0.2) is 77.7 Å². The minimum absolute atomic E-state index is 0.0158. The molecule has 0 bridgehead atoms.